The molecule has 1 aromatic rings. The molecule has 2 aliphatic rings. The normalized spacial score (nSPS) is 26.6. The van der Waals surface area contributed by atoms with Crippen LogP contribution >= 0.6 is 0 Å². The highest BCUT2D eigenvalue weighted by molar-refractivity contribution is 5.76. The second-order valence-corrected chi connectivity index (χ2v) is 7.28. The summed E-state index contributed by atoms with van der Waals surface area (Å²) in [7, 11) is 0. The van der Waals surface area contributed by atoms with E-state index in [2.05, 4.69) is 29.0 Å². The summed E-state index contributed by atoms with van der Waals surface area (Å²) >= 11 is 0. The Morgan fingerprint density at radius 1 is 1.40 bits per heavy atom. The van der Waals surface area contributed by atoms with Gasteiger partial charge in [-0.2, -0.15) is 0 Å². The van der Waals surface area contributed by atoms with Crippen LogP contribution in [0.15, 0.2) is 21.9 Å². The van der Waals surface area contributed by atoms with Gasteiger partial charge in [0.15, 0.2) is 0 Å². The summed E-state index contributed by atoms with van der Waals surface area (Å²) in [6, 6.07) is 1.78. The predicted octanol–water partition coefficient (Wildman–Crippen LogP) is -0.459. The minimum atomic E-state index is -0.491. The molecule has 8 nitrogen and oxygen atoms in total. The van der Waals surface area contributed by atoms with Crippen molar-refractivity contribution in [3.63, 3.8) is 0 Å². The molecular formula is C17H26N4O4. The smallest absolute Gasteiger partial charge is 0.328 e. The van der Waals surface area contributed by atoms with E-state index in [0.717, 1.165) is 26.1 Å². The summed E-state index contributed by atoms with van der Waals surface area (Å²) in [5.41, 5.74) is -0.926. The first-order valence-corrected chi connectivity index (χ1v) is 8.87. The lowest BCUT2D eigenvalue weighted by atomic mass is 10.0. The lowest BCUT2D eigenvalue weighted by molar-refractivity contribution is -0.121. The molecule has 2 saturated heterocycles. The molecule has 25 heavy (non-hydrogen) atoms. The number of aromatic nitrogens is 2. The third kappa shape index (κ3) is 4.38. The molecule has 3 heterocycles. The van der Waals surface area contributed by atoms with E-state index in [1.165, 1.54) is 16.8 Å². The second-order valence-electron chi connectivity index (χ2n) is 7.28. The Morgan fingerprint density at radius 2 is 2.20 bits per heavy atom. The van der Waals surface area contributed by atoms with Crippen LogP contribution < -0.4 is 16.6 Å². The lowest BCUT2D eigenvalue weighted by Crippen LogP contribution is -2.48. The molecule has 138 valence electrons. The SMILES string of the molecule is CC(C)[C@@H]1CN2C[C@@H](NC(=O)CCn3ccc(=O)[nH]c3=O)C[C@H]2CO1. The average molecular weight is 350 g/mol. The van der Waals surface area contributed by atoms with Gasteiger partial charge in [0.2, 0.25) is 5.91 Å². The number of morpholine rings is 1. The van der Waals surface area contributed by atoms with E-state index in [4.69, 9.17) is 4.74 Å². The zero-order valence-corrected chi connectivity index (χ0v) is 14.7. The third-order valence-corrected chi connectivity index (χ3v) is 5.03. The summed E-state index contributed by atoms with van der Waals surface area (Å²) in [6.07, 6.45) is 2.78. The highest BCUT2D eigenvalue weighted by atomic mass is 16.5. The number of hydrogen-bond acceptors (Lipinski definition) is 5. The van der Waals surface area contributed by atoms with E-state index in [0.29, 0.717) is 12.0 Å². The third-order valence-electron chi connectivity index (χ3n) is 5.03. The number of amides is 1. The molecule has 0 saturated carbocycles. The maximum Gasteiger partial charge on any atom is 0.328 e. The van der Waals surface area contributed by atoms with Crippen molar-refractivity contribution in [1.82, 2.24) is 19.8 Å². The number of carbonyl (C=O) groups is 1. The summed E-state index contributed by atoms with van der Waals surface area (Å²) in [5.74, 6) is 0.412. The molecule has 0 bridgehead atoms. The van der Waals surface area contributed by atoms with Crippen LogP contribution in [-0.2, 0) is 16.1 Å². The van der Waals surface area contributed by atoms with Gasteiger partial charge in [-0.1, -0.05) is 13.8 Å². The Bertz CT molecular complexity index is 726. The minimum absolute atomic E-state index is 0.0794. The maximum absolute atomic E-state index is 12.2. The standard InChI is InChI=1S/C17H26N4O4/c1-11(2)14-9-21-8-12(7-13(21)10-25-14)18-15(22)3-5-20-6-4-16(23)19-17(20)24/h4,6,11-14H,3,5,7-10H2,1-2H3,(H,18,22)(H,19,23,24)/t12-,13-,14-/m0/s1. The number of ether oxygens (including phenoxy) is 1. The highest BCUT2D eigenvalue weighted by Gasteiger charge is 2.38. The molecular weight excluding hydrogens is 324 g/mol. The Hall–Kier alpha value is -1.93. The Labute approximate surface area is 146 Å². The molecule has 2 aliphatic heterocycles. The van der Waals surface area contributed by atoms with E-state index in [-0.39, 0.29) is 31.0 Å². The van der Waals surface area contributed by atoms with E-state index < -0.39 is 11.2 Å². The molecule has 2 fully saturated rings. The van der Waals surface area contributed by atoms with Crippen molar-refractivity contribution in [2.45, 2.75) is 51.4 Å². The fraction of sp³-hybridized carbons (Fsp3) is 0.706. The number of carbonyl (C=O) groups excluding carboxylic acids is 1. The second kappa shape index (κ2) is 7.53. The van der Waals surface area contributed by atoms with Gasteiger partial charge in [0.25, 0.3) is 5.56 Å². The Kier molecular flexibility index (Phi) is 5.39. The van der Waals surface area contributed by atoms with Gasteiger partial charge in [-0.25, -0.2) is 4.79 Å². The van der Waals surface area contributed by atoms with Gasteiger partial charge >= 0.3 is 5.69 Å². The van der Waals surface area contributed by atoms with Crippen LogP contribution in [0, 0.1) is 5.92 Å². The largest absolute Gasteiger partial charge is 0.375 e. The van der Waals surface area contributed by atoms with E-state index in [1.807, 2.05) is 0 Å². The van der Waals surface area contributed by atoms with Crippen molar-refractivity contribution < 1.29 is 9.53 Å². The molecule has 0 radical (unpaired) electrons. The minimum Gasteiger partial charge on any atom is -0.375 e. The molecule has 3 rings (SSSR count). The van der Waals surface area contributed by atoms with Crippen LogP contribution in [0.5, 0.6) is 0 Å². The zero-order valence-electron chi connectivity index (χ0n) is 14.7. The summed E-state index contributed by atoms with van der Waals surface area (Å²) in [6.45, 7) is 7.07. The van der Waals surface area contributed by atoms with Crippen molar-refractivity contribution in [2.75, 3.05) is 19.7 Å². The maximum atomic E-state index is 12.2. The highest BCUT2D eigenvalue weighted by Crippen LogP contribution is 2.25. The molecule has 8 heteroatoms. The van der Waals surface area contributed by atoms with E-state index in [1.54, 1.807) is 0 Å². The number of rotatable bonds is 5. The number of aromatic amines is 1. The van der Waals surface area contributed by atoms with Gasteiger partial charge in [0.05, 0.1) is 12.7 Å². The van der Waals surface area contributed by atoms with Gasteiger partial charge in [-0.15, -0.1) is 0 Å². The van der Waals surface area contributed by atoms with Crippen molar-refractivity contribution in [3.05, 3.63) is 33.1 Å². The summed E-state index contributed by atoms with van der Waals surface area (Å²) in [4.78, 5) is 39.4. The number of fused-ring (bicyclic) bond motifs is 1. The van der Waals surface area contributed by atoms with E-state index in [9.17, 15) is 14.4 Å². The Morgan fingerprint density at radius 3 is 2.92 bits per heavy atom. The fourth-order valence-corrected chi connectivity index (χ4v) is 3.55. The van der Waals surface area contributed by atoms with Crippen molar-refractivity contribution >= 4 is 5.91 Å². The van der Waals surface area contributed by atoms with Gasteiger partial charge in [-0.3, -0.25) is 19.5 Å². The number of nitrogens with one attached hydrogen (secondary N) is 2. The first-order valence-electron chi connectivity index (χ1n) is 8.87. The fourth-order valence-electron chi connectivity index (χ4n) is 3.55. The monoisotopic (exact) mass is 350 g/mol. The van der Waals surface area contributed by atoms with Crippen LogP contribution in [0.25, 0.3) is 0 Å². The quantitative estimate of drug-likeness (QED) is 0.749. The number of H-pyrrole nitrogens is 1. The molecule has 1 aromatic heterocycles. The topological polar surface area (TPSA) is 96.4 Å². The molecule has 1 amide bonds. The van der Waals surface area contributed by atoms with Crippen LogP contribution in [-0.4, -0.2) is 58.2 Å². The van der Waals surface area contributed by atoms with Crippen LogP contribution in [0.3, 0.4) is 0 Å². The first kappa shape index (κ1) is 17.9. The van der Waals surface area contributed by atoms with Crippen molar-refractivity contribution in [3.8, 4) is 0 Å². The molecule has 2 N–H and O–H groups in total. The molecule has 0 spiro atoms. The van der Waals surface area contributed by atoms with Crippen molar-refractivity contribution in [2.24, 2.45) is 5.92 Å². The van der Waals surface area contributed by atoms with Gasteiger partial charge in [0, 0.05) is 50.4 Å². The number of aryl methyl sites for hydroxylation is 1. The summed E-state index contributed by atoms with van der Waals surface area (Å²) in [5, 5.41) is 3.06. The number of hydrogen-bond donors (Lipinski definition) is 2. The number of nitrogens with zero attached hydrogens (tertiary/aromatic N) is 2. The molecule has 0 aromatic carbocycles. The van der Waals surface area contributed by atoms with Crippen LogP contribution in [0.4, 0.5) is 0 Å². The van der Waals surface area contributed by atoms with E-state index >= 15 is 0 Å². The first-order chi connectivity index (χ1) is 11.9. The van der Waals surface area contributed by atoms with Crippen LogP contribution in [0.1, 0.15) is 26.7 Å². The average Bonchev–Trinajstić information content (AvgIpc) is 2.95. The van der Waals surface area contributed by atoms with Gasteiger partial charge < -0.3 is 14.6 Å². The lowest BCUT2D eigenvalue weighted by Gasteiger charge is -2.36. The van der Waals surface area contributed by atoms with Crippen LogP contribution in [0.2, 0.25) is 0 Å². The zero-order chi connectivity index (χ0) is 18.0. The molecule has 0 aliphatic carbocycles. The Balaban J connectivity index is 1.47. The molecule has 0 unspecified atom stereocenters. The molecule has 3 atom stereocenters. The van der Waals surface area contributed by atoms with Crippen molar-refractivity contribution in [1.29, 1.82) is 0 Å². The predicted molar refractivity (Wildman–Crippen MR) is 92.4 cm³/mol. The van der Waals surface area contributed by atoms with Gasteiger partial charge in [0.1, 0.15) is 0 Å². The van der Waals surface area contributed by atoms with Gasteiger partial charge in [-0.05, 0) is 12.3 Å². The summed E-state index contributed by atoms with van der Waals surface area (Å²) < 4.78 is 7.25.